The monoisotopic (exact) mass is 445 g/mol. The van der Waals surface area contributed by atoms with Gasteiger partial charge in [-0.3, -0.25) is 14.9 Å². The topological polar surface area (TPSA) is 92.5 Å². The molecule has 0 aliphatic carbocycles. The lowest BCUT2D eigenvalue weighted by atomic mass is 10.1. The number of nitro benzene ring substituents is 1. The molecule has 1 amide bonds. The Morgan fingerprint density at radius 2 is 1.73 bits per heavy atom. The summed E-state index contributed by atoms with van der Waals surface area (Å²) >= 11 is 0. The molecular weight excluding hydrogens is 418 g/mol. The van der Waals surface area contributed by atoms with Crippen molar-refractivity contribution in [1.82, 2.24) is 14.9 Å². The van der Waals surface area contributed by atoms with Gasteiger partial charge in [0.2, 0.25) is 0 Å². The summed E-state index contributed by atoms with van der Waals surface area (Å²) in [5.41, 5.74) is 4.51. The second-order valence-electron chi connectivity index (χ2n) is 8.24. The van der Waals surface area contributed by atoms with Crippen LogP contribution in [0.1, 0.15) is 34.1 Å². The highest BCUT2D eigenvalue weighted by Crippen LogP contribution is 2.27. The summed E-state index contributed by atoms with van der Waals surface area (Å²) in [6, 6.07) is 14.1. The minimum Gasteiger partial charge on any atom is -0.353 e. The summed E-state index contributed by atoms with van der Waals surface area (Å²) in [6.07, 6.45) is 0.822. The zero-order valence-corrected chi connectivity index (χ0v) is 19.1. The van der Waals surface area contributed by atoms with Gasteiger partial charge in [-0.25, -0.2) is 9.97 Å². The molecule has 8 nitrogen and oxygen atoms in total. The van der Waals surface area contributed by atoms with Gasteiger partial charge in [0.05, 0.1) is 4.92 Å². The smallest absolute Gasteiger partial charge is 0.270 e. The quantitative estimate of drug-likeness (QED) is 0.432. The summed E-state index contributed by atoms with van der Waals surface area (Å²) in [6.45, 7) is 8.48. The number of hydrogen-bond donors (Lipinski definition) is 0. The maximum Gasteiger partial charge on any atom is 0.270 e. The molecule has 33 heavy (non-hydrogen) atoms. The predicted molar refractivity (Wildman–Crippen MR) is 128 cm³/mol. The number of carbonyl (C=O) groups is 1. The number of aromatic nitrogens is 2. The molecule has 1 aliphatic rings. The van der Waals surface area contributed by atoms with Crippen molar-refractivity contribution >= 4 is 17.4 Å². The van der Waals surface area contributed by atoms with Crippen molar-refractivity contribution in [2.45, 2.75) is 27.2 Å². The van der Waals surface area contributed by atoms with Crippen molar-refractivity contribution in [1.29, 1.82) is 0 Å². The van der Waals surface area contributed by atoms with E-state index in [9.17, 15) is 14.9 Å². The SMILES string of the molecule is CCc1c(C)nc(-c2ccc(C)cc2)nc1N1CCN(C(=O)c2cccc([N+](=O)[O-])c2)CC1. The van der Waals surface area contributed by atoms with E-state index in [1.807, 2.05) is 19.1 Å². The molecule has 0 spiro atoms. The Balaban J connectivity index is 1.54. The third-order valence-electron chi connectivity index (χ3n) is 6.03. The van der Waals surface area contributed by atoms with Gasteiger partial charge in [-0.15, -0.1) is 0 Å². The van der Waals surface area contributed by atoms with Crippen LogP contribution in [0.25, 0.3) is 11.4 Å². The van der Waals surface area contributed by atoms with Crippen molar-refractivity contribution in [2.75, 3.05) is 31.1 Å². The number of benzene rings is 2. The third kappa shape index (κ3) is 4.69. The molecule has 1 fully saturated rings. The molecule has 0 saturated carbocycles. The van der Waals surface area contributed by atoms with E-state index in [0.717, 1.165) is 29.1 Å². The van der Waals surface area contributed by atoms with Gasteiger partial charge in [0.15, 0.2) is 5.82 Å². The van der Waals surface area contributed by atoms with E-state index in [1.165, 1.54) is 17.7 Å². The van der Waals surface area contributed by atoms with Crippen LogP contribution in [0, 0.1) is 24.0 Å². The number of aryl methyl sites for hydroxylation is 2. The van der Waals surface area contributed by atoms with Gasteiger partial charge in [-0.1, -0.05) is 42.8 Å². The fourth-order valence-electron chi connectivity index (χ4n) is 4.14. The number of nitrogens with zero attached hydrogens (tertiary/aromatic N) is 5. The summed E-state index contributed by atoms with van der Waals surface area (Å²) in [5.74, 6) is 1.44. The van der Waals surface area contributed by atoms with Crippen molar-refractivity contribution in [2.24, 2.45) is 0 Å². The lowest BCUT2D eigenvalue weighted by molar-refractivity contribution is -0.384. The first-order chi connectivity index (χ1) is 15.9. The molecule has 2 aromatic carbocycles. The number of carbonyl (C=O) groups excluding carboxylic acids is 1. The van der Waals surface area contributed by atoms with Crippen molar-refractivity contribution in [3.8, 4) is 11.4 Å². The molecule has 0 radical (unpaired) electrons. The van der Waals surface area contributed by atoms with E-state index in [0.29, 0.717) is 37.6 Å². The highest BCUT2D eigenvalue weighted by molar-refractivity contribution is 5.95. The maximum absolute atomic E-state index is 12.9. The van der Waals surface area contributed by atoms with Gasteiger partial charge in [0.25, 0.3) is 11.6 Å². The molecule has 1 saturated heterocycles. The lowest BCUT2D eigenvalue weighted by Crippen LogP contribution is -2.49. The molecule has 0 atom stereocenters. The first-order valence-electron chi connectivity index (χ1n) is 11.1. The highest BCUT2D eigenvalue weighted by Gasteiger charge is 2.26. The number of amides is 1. The standard InChI is InChI=1S/C25H27N5O3/c1-4-22-18(3)26-23(19-10-8-17(2)9-11-19)27-24(22)28-12-14-29(15-13-28)25(31)20-6-5-7-21(16-20)30(32)33/h5-11,16H,4,12-15H2,1-3H3. The zero-order chi connectivity index (χ0) is 23.5. The van der Waals surface area contributed by atoms with Crippen LogP contribution in [-0.2, 0) is 6.42 Å². The van der Waals surface area contributed by atoms with Crippen LogP contribution >= 0.6 is 0 Å². The predicted octanol–water partition coefficient (Wildman–Crippen LogP) is 4.19. The molecular formula is C25H27N5O3. The van der Waals surface area contributed by atoms with Crippen molar-refractivity contribution in [3.63, 3.8) is 0 Å². The average Bonchev–Trinajstić information content (AvgIpc) is 2.83. The van der Waals surface area contributed by atoms with Crippen LogP contribution in [-0.4, -0.2) is 51.9 Å². The largest absolute Gasteiger partial charge is 0.353 e. The molecule has 2 heterocycles. The number of nitro groups is 1. The summed E-state index contributed by atoms with van der Waals surface area (Å²) < 4.78 is 0. The zero-order valence-electron chi connectivity index (χ0n) is 19.1. The van der Waals surface area contributed by atoms with Gasteiger partial charge >= 0.3 is 0 Å². The van der Waals surface area contributed by atoms with Crippen LogP contribution in [0.2, 0.25) is 0 Å². The normalized spacial score (nSPS) is 13.8. The van der Waals surface area contributed by atoms with E-state index in [-0.39, 0.29) is 11.6 Å². The van der Waals surface area contributed by atoms with Crippen LogP contribution in [0.5, 0.6) is 0 Å². The van der Waals surface area contributed by atoms with Gasteiger partial charge in [-0.2, -0.15) is 0 Å². The first kappa shape index (κ1) is 22.4. The number of anilines is 1. The first-order valence-corrected chi connectivity index (χ1v) is 11.1. The van der Waals surface area contributed by atoms with E-state index >= 15 is 0 Å². The molecule has 8 heteroatoms. The molecule has 3 aromatic rings. The number of non-ortho nitro benzene ring substituents is 1. The fraction of sp³-hybridized carbons (Fsp3) is 0.320. The Kier molecular flexibility index (Phi) is 6.35. The summed E-state index contributed by atoms with van der Waals surface area (Å²) in [7, 11) is 0. The number of rotatable bonds is 5. The molecule has 4 rings (SSSR count). The average molecular weight is 446 g/mol. The highest BCUT2D eigenvalue weighted by atomic mass is 16.6. The molecule has 170 valence electrons. The lowest BCUT2D eigenvalue weighted by Gasteiger charge is -2.36. The van der Waals surface area contributed by atoms with Crippen molar-refractivity contribution < 1.29 is 9.72 Å². The molecule has 0 bridgehead atoms. The van der Waals surface area contributed by atoms with E-state index < -0.39 is 4.92 Å². The molecule has 0 N–H and O–H groups in total. The maximum atomic E-state index is 12.9. The van der Waals surface area contributed by atoms with Gasteiger partial charge < -0.3 is 9.80 Å². The summed E-state index contributed by atoms with van der Waals surface area (Å²) in [5, 5.41) is 11.0. The van der Waals surface area contributed by atoms with E-state index in [2.05, 4.69) is 30.9 Å². The Bertz CT molecular complexity index is 1190. The minimum absolute atomic E-state index is 0.0767. The van der Waals surface area contributed by atoms with Crippen LogP contribution in [0.4, 0.5) is 11.5 Å². The molecule has 1 aromatic heterocycles. The molecule has 0 unspecified atom stereocenters. The van der Waals surface area contributed by atoms with Crippen LogP contribution in [0.15, 0.2) is 48.5 Å². The molecule has 1 aliphatic heterocycles. The van der Waals surface area contributed by atoms with Crippen LogP contribution in [0.3, 0.4) is 0 Å². The third-order valence-corrected chi connectivity index (χ3v) is 6.03. The Labute approximate surface area is 193 Å². The Morgan fingerprint density at radius 3 is 2.36 bits per heavy atom. The summed E-state index contributed by atoms with van der Waals surface area (Å²) in [4.78, 5) is 37.1. The Morgan fingerprint density at radius 1 is 1.03 bits per heavy atom. The fourth-order valence-corrected chi connectivity index (χ4v) is 4.14. The number of hydrogen-bond acceptors (Lipinski definition) is 6. The number of piperazine rings is 1. The van der Waals surface area contributed by atoms with Gasteiger partial charge in [0, 0.05) is 60.7 Å². The minimum atomic E-state index is -0.482. The van der Waals surface area contributed by atoms with Crippen LogP contribution < -0.4 is 4.90 Å². The second kappa shape index (κ2) is 9.36. The van der Waals surface area contributed by atoms with Gasteiger partial charge in [-0.05, 0) is 26.3 Å². The van der Waals surface area contributed by atoms with E-state index in [4.69, 9.17) is 9.97 Å². The second-order valence-corrected chi connectivity index (χ2v) is 8.24. The van der Waals surface area contributed by atoms with Crippen molar-refractivity contribution in [3.05, 3.63) is 81.0 Å². The van der Waals surface area contributed by atoms with Gasteiger partial charge in [0.1, 0.15) is 5.82 Å². The van der Waals surface area contributed by atoms with E-state index in [1.54, 1.807) is 17.0 Å². The Hall–Kier alpha value is -3.81.